The van der Waals surface area contributed by atoms with Gasteiger partial charge in [0, 0.05) is 30.8 Å². The lowest BCUT2D eigenvalue weighted by Gasteiger charge is -2.13. The van der Waals surface area contributed by atoms with Crippen LogP contribution in [0.25, 0.3) is 11.5 Å². The van der Waals surface area contributed by atoms with Crippen molar-refractivity contribution in [3.05, 3.63) is 34.4 Å². The number of nitro groups is 1. The summed E-state index contributed by atoms with van der Waals surface area (Å²) in [6, 6.07) is 5.86. The molecule has 23 heavy (non-hydrogen) atoms. The molecule has 0 radical (unpaired) electrons. The molecule has 2 heterocycles. The molecule has 8 nitrogen and oxygen atoms in total. The molecule has 1 aliphatic rings. The van der Waals surface area contributed by atoms with Crippen molar-refractivity contribution in [3.63, 3.8) is 0 Å². The van der Waals surface area contributed by atoms with Gasteiger partial charge >= 0.3 is 0 Å². The molecule has 1 saturated heterocycles. The lowest BCUT2D eigenvalue weighted by atomic mass is 10.2. The summed E-state index contributed by atoms with van der Waals surface area (Å²) in [5.41, 5.74) is 0.597. The zero-order valence-corrected chi connectivity index (χ0v) is 13.0. The van der Waals surface area contributed by atoms with Gasteiger partial charge in [-0.1, -0.05) is 11.8 Å². The van der Waals surface area contributed by atoms with Crippen molar-refractivity contribution < 1.29 is 14.1 Å². The van der Waals surface area contributed by atoms with E-state index in [-0.39, 0.29) is 23.2 Å². The van der Waals surface area contributed by atoms with E-state index >= 15 is 0 Å². The van der Waals surface area contributed by atoms with E-state index in [2.05, 4.69) is 10.2 Å². The lowest BCUT2D eigenvalue weighted by Crippen LogP contribution is -2.29. The zero-order valence-electron chi connectivity index (χ0n) is 12.2. The SMILES string of the molecule is O=C(CSc1nnc(-c2ccc([N+](=O)[O-])cc2)o1)N1CCCC1. The van der Waals surface area contributed by atoms with Gasteiger partial charge in [-0.25, -0.2) is 0 Å². The van der Waals surface area contributed by atoms with Crippen molar-refractivity contribution in [2.45, 2.75) is 18.1 Å². The number of thioether (sulfide) groups is 1. The minimum absolute atomic E-state index is 0.000858. The quantitative estimate of drug-likeness (QED) is 0.470. The zero-order chi connectivity index (χ0) is 16.2. The minimum atomic E-state index is -0.469. The number of non-ortho nitro benzene ring substituents is 1. The number of carbonyl (C=O) groups is 1. The maximum atomic E-state index is 11.9. The van der Waals surface area contributed by atoms with Crippen LogP contribution in [0, 0.1) is 10.1 Å². The van der Waals surface area contributed by atoms with E-state index in [0.717, 1.165) is 25.9 Å². The van der Waals surface area contributed by atoms with Crippen LogP contribution in [0.15, 0.2) is 33.9 Å². The van der Waals surface area contributed by atoms with E-state index in [0.29, 0.717) is 10.8 Å². The Balaban J connectivity index is 1.61. The van der Waals surface area contributed by atoms with Crippen molar-refractivity contribution in [2.75, 3.05) is 18.8 Å². The Morgan fingerprint density at radius 3 is 2.61 bits per heavy atom. The number of aromatic nitrogens is 2. The van der Waals surface area contributed by atoms with E-state index in [1.54, 1.807) is 12.1 Å². The molecular weight excluding hydrogens is 320 g/mol. The van der Waals surface area contributed by atoms with Crippen LogP contribution in [0.3, 0.4) is 0 Å². The van der Waals surface area contributed by atoms with Crippen molar-refractivity contribution in [3.8, 4) is 11.5 Å². The predicted molar refractivity (Wildman–Crippen MR) is 82.9 cm³/mol. The molecule has 0 atom stereocenters. The van der Waals surface area contributed by atoms with Gasteiger partial charge in [-0.3, -0.25) is 14.9 Å². The smallest absolute Gasteiger partial charge is 0.277 e. The molecule has 120 valence electrons. The van der Waals surface area contributed by atoms with Gasteiger partial charge in [0.1, 0.15) is 0 Å². The largest absolute Gasteiger partial charge is 0.411 e. The van der Waals surface area contributed by atoms with Crippen molar-refractivity contribution in [1.29, 1.82) is 0 Å². The number of nitro benzene ring substituents is 1. The molecule has 1 fully saturated rings. The number of hydrogen-bond donors (Lipinski definition) is 0. The van der Waals surface area contributed by atoms with E-state index < -0.39 is 4.92 Å². The summed E-state index contributed by atoms with van der Waals surface area (Å²) < 4.78 is 5.48. The lowest BCUT2D eigenvalue weighted by molar-refractivity contribution is -0.384. The number of benzene rings is 1. The molecule has 9 heteroatoms. The molecule has 1 aliphatic heterocycles. The summed E-state index contributed by atoms with van der Waals surface area (Å²) in [6.45, 7) is 1.63. The summed E-state index contributed by atoms with van der Waals surface area (Å²) in [5, 5.41) is 18.7. The Labute approximate surface area is 136 Å². The molecule has 0 N–H and O–H groups in total. The van der Waals surface area contributed by atoms with Crippen molar-refractivity contribution in [2.24, 2.45) is 0 Å². The van der Waals surface area contributed by atoms with E-state index in [1.165, 1.54) is 23.9 Å². The highest BCUT2D eigenvalue weighted by atomic mass is 32.2. The van der Waals surface area contributed by atoms with Crippen LogP contribution in [-0.4, -0.2) is 44.8 Å². The number of hydrogen-bond acceptors (Lipinski definition) is 7. The molecule has 0 aliphatic carbocycles. The van der Waals surface area contributed by atoms with Crippen molar-refractivity contribution >= 4 is 23.4 Å². The first-order chi connectivity index (χ1) is 11.1. The van der Waals surface area contributed by atoms with Crippen LogP contribution in [0.1, 0.15) is 12.8 Å². The third kappa shape index (κ3) is 3.67. The Hall–Kier alpha value is -2.42. The maximum absolute atomic E-state index is 11.9. The molecular formula is C14H14N4O4S. The average Bonchev–Trinajstić information content (AvgIpc) is 3.24. The van der Waals surface area contributed by atoms with Gasteiger partial charge in [-0.2, -0.15) is 0 Å². The number of nitrogens with zero attached hydrogens (tertiary/aromatic N) is 4. The van der Waals surface area contributed by atoms with Crippen LogP contribution in [-0.2, 0) is 4.79 Å². The third-order valence-corrected chi connectivity index (χ3v) is 4.31. The fourth-order valence-electron chi connectivity index (χ4n) is 2.29. The van der Waals surface area contributed by atoms with Crippen LogP contribution >= 0.6 is 11.8 Å². The van der Waals surface area contributed by atoms with Gasteiger partial charge in [0.05, 0.1) is 10.7 Å². The Morgan fingerprint density at radius 2 is 1.96 bits per heavy atom. The first-order valence-corrected chi connectivity index (χ1v) is 8.11. The van der Waals surface area contributed by atoms with Crippen molar-refractivity contribution in [1.82, 2.24) is 15.1 Å². The second-order valence-corrected chi connectivity index (χ2v) is 5.98. The number of carbonyl (C=O) groups excluding carboxylic acids is 1. The molecule has 2 aromatic rings. The van der Waals surface area contributed by atoms with Gasteiger partial charge in [-0.15, -0.1) is 10.2 Å². The average molecular weight is 334 g/mol. The van der Waals surface area contributed by atoms with Crippen LogP contribution in [0.2, 0.25) is 0 Å². The number of rotatable bonds is 5. The molecule has 1 amide bonds. The van der Waals surface area contributed by atoms with Gasteiger partial charge in [-0.05, 0) is 25.0 Å². The topological polar surface area (TPSA) is 102 Å². The Kier molecular flexibility index (Phi) is 4.56. The normalized spacial score (nSPS) is 14.2. The summed E-state index contributed by atoms with van der Waals surface area (Å²) in [5.74, 6) is 0.612. The fourth-order valence-corrected chi connectivity index (χ4v) is 2.96. The first kappa shape index (κ1) is 15.5. The highest BCUT2D eigenvalue weighted by Gasteiger charge is 2.19. The van der Waals surface area contributed by atoms with E-state index in [1.807, 2.05) is 4.90 Å². The first-order valence-electron chi connectivity index (χ1n) is 7.12. The molecule has 0 spiro atoms. The van der Waals surface area contributed by atoms with E-state index in [4.69, 9.17) is 4.42 Å². The van der Waals surface area contributed by atoms with Crippen LogP contribution in [0.4, 0.5) is 5.69 Å². The standard InChI is InChI=1S/C14H14N4O4S/c19-12(17-7-1-2-8-17)9-23-14-16-15-13(22-14)10-3-5-11(6-4-10)18(20)21/h3-6H,1-2,7-9H2. The van der Waals surface area contributed by atoms with Gasteiger partial charge in [0.15, 0.2) is 0 Å². The van der Waals surface area contributed by atoms with Crippen LogP contribution < -0.4 is 0 Å². The highest BCUT2D eigenvalue weighted by molar-refractivity contribution is 7.99. The van der Waals surface area contributed by atoms with E-state index in [9.17, 15) is 14.9 Å². The minimum Gasteiger partial charge on any atom is -0.411 e. The molecule has 3 rings (SSSR count). The summed E-state index contributed by atoms with van der Waals surface area (Å²) >= 11 is 1.20. The number of likely N-dealkylation sites (tertiary alicyclic amines) is 1. The Bertz CT molecular complexity index is 710. The van der Waals surface area contributed by atoms with Gasteiger partial charge in [0.25, 0.3) is 10.9 Å². The maximum Gasteiger partial charge on any atom is 0.277 e. The molecule has 1 aromatic carbocycles. The van der Waals surface area contributed by atoms with Gasteiger partial charge < -0.3 is 9.32 Å². The molecule has 1 aromatic heterocycles. The molecule has 0 saturated carbocycles. The fraction of sp³-hybridized carbons (Fsp3) is 0.357. The van der Waals surface area contributed by atoms with Crippen LogP contribution in [0.5, 0.6) is 0 Å². The number of amides is 1. The summed E-state index contributed by atoms with van der Waals surface area (Å²) in [4.78, 5) is 23.9. The van der Waals surface area contributed by atoms with Gasteiger partial charge in [0.2, 0.25) is 11.8 Å². The molecule has 0 unspecified atom stereocenters. The monoisotopic (exact) mass is 334 g/mol. The second-order valence-electron chi connectivity index (χ2n) is 5.05. The molecule has 0 bridgehead atoms. The summed E-state index contributed by atoms with van der Waals surface area (Å²) in [6.07, 6.45) is 2.11. The second kappa shape index (κ2) is 6.78. The predicted octanol–water partition coefficient (Wildman–Crippen LogP) is 2.36. The highest BCUT2D eigenvalue weighted by Crippen LogP contribution is 2.25. The summed E-state index contributed by atoms with van der Waals surface area (Å²) in [7, 11) is 0. The Morgan fingerprint density at radius 1 is 1.26 bits per heavy atom. The third-order valence-electron chi connectivity index (χ3n) is 3.51.